The van der Waals surface area contributed by atoms with Crippen LogP contribution in [0.4, 0.5) is 0 Å². The molecule has 0 aliphatic heterocycles. The molecular formula is C11H22ClNO. The molecule has 1 unspecified atom stereocenters. The van der Waals surface area contributed by atoms with Gasteiger partial charge in [0.2, 0.25) is 5.91 Å². The van der Waals surface area contributed by atoms with Crippen molar-refractivity contribution in [2.45, 2.75) is 58.4 Å². The molecular weight excluding hydrogens is 198 g/mol. The minimum absolute atomic E-state index is 0.165. The molecule has 0 radical (unpaired) electrons. The summed E-state index contributed by atoms with van der Waals surface area (Å²) in [6.07, 6.45) is 6.12. The minimum atomic E-state index is 0.165. The number of hydrogen-bond acceptors (Lipinski definition) is 1. The summed E-state index contributed by atoms with van der Waals surface area (Å²) in [6.45, 7) is 4.16. The number of alkyl halides is 1. The Morgan fingerprint density at radius 3 is 2.64 bits per heavy atom. The van der Waals surface area contributed by atoms with Gasteiger partial charge in [0, 0.05) is 18.3 Å². The third kappa shape index (κ3) is 8.36. The molecule has 0 bridgehead atoms. The molecule has 0 saturated heterocycles. The van der Waals surface area contributed by atoms with Crippen LogP contribution >= 0.6 is 11.6 Å². The van der Waals surface area contributed by atoms with Crippen LogP contribution in [0.25, 0.3) is 0 Å². The molecule has 1 atom stereocenters. The Morgan fingerprint density at radius 1 is 1.36 bits per heavy atom. The molecule has 0 fully saturated rings. The lowest BCUT2D eigenvalue weighted by Crippen LogP contribution is -2.32. The van der Waals surface area contributed by atoms with Gasteiger partial charge in [-0.25, -0.2) is 0 Å². The average molecular weight is 220 g/mol. The summed E-state index contributed by atoms with van der Waals surface area (Å²) in [5, 5.41) is 2.93. The summed E-state index contributed by atoms with van der Waals surface area (Å²) in [4.78, 5) is 11.3. The Labute approximate surface area is 92.4 Å². The van der Waals surface area contributed by atoms with Crippen molar-refractivity contribution in [3.05, 3.63) is 0 Å². The monoisotopic (exact) mass is 219 g/mol. The lowest BCUT2D eigenvalue weighted by atomic mass is 10.1. The standard InChI is InChI=1S/C11H22ClNO/c1-3-4-5-6-7-11(14)13-10(2)8-9-12/h10H,3-9H2,1-2H3,(H,13,14). The highest BCUT2D eigenvalue weighted by molar-refractivity contribution is 6.17. The highest BCUT2D eigenvalue weighted by Crippen LogP contribution is 2.02. The molecule has 14 heavy (non-hydrogen) atoms. The predicted octanol–water partition coefficient (Wildman–Crippen LogP) is 3.09. The first kappa shape index (κ1) is 13.8. The Kier molecular flexibility index (Phi) is 9.16. The van der Waals surface area contributed by atoms with Gasteiger partial charge >= 0.3 is 0 Å². The van der Waals surface area contributed by atoms with Crippen LogP contribution in [0.3, 0.4) is 0 Å². The summed E-state index contributed by atoms with van der Waals surface area (Å²) in [7, 11) is 0. The summed E-state index contributed by atoms with van der Waals surface area (Å²) in [5.74, 6) is 0.774. The second kappa shape index (κ2) is 9.32. The van der Waals surface area contributed by atoms with E-state index in [-0.39, 0.29) is 11.9 Å². The molecule has 0 aromatic heterocycles. The van der Waals surface area contributed by atoms with Crippen LogP contribution in [-0.4, -0.2) is 17.8 Å². The number of carbonyl (C=O) groups is 1. The fourth-order valence-electron chi connectivity index (χ4n) is 1.30. The van der Waals surface area contributed by atoms with Crippen molar-refractivity contribution in [1.29, 1.82) is 0 Å². The van der Waals surface area contributed by atoms with Gasteiger partial charge in [-0.1, -0.05) is 26.2 Å². The second-order valence-electron chi connectivity index (χ2n) is 3.76. The maximum absolute atomic E-state index is 11.3. The fourth-order valence-corrected chi connectivity index (χ4v) is 1.62. The summed E-state index contributed by atoms with van der Waals surface area (Å²) in [5.41, 5.74) is 0. The first-order chi connectivity index (χ1) is 6.70. The largest absolute Gasteiger partial charge is 0.354 e. The van der Waals surface area contributed by atoms with E-state index < -0.39 is 0 Å². The maximum atomic E-state index is 11.3. The zero-order valence-electron chi connectivity index (χ0n) is 9.31. The molecule has 2 nitrogen and oxygen atoms in total. The molecule has 3 heteroatoms. The first-order valence-electron chi connectivity index (χ1n) is 5.56. The van der Waals surface area contributed by atoms with Crippen molar-refractivity contribution in [3.8, 4) is 0 Å². The summed E-state index contributed by atoms with van der Waals surface area (Å²) in [6, 6.07) is 0.214. The SMILES string of the molecule is CCCCCCC(=O)NC(C)CCCl. The molecule has 0 aromatic carbocycles. The van der Waals surface area contributed by atoms with Crippen molar-refractivity contribution < 1.29 is 4.79 Å². The van der Waals surface area contributed by atoms with Crippen LogP contribution in [0.1, 0.15) is 52.4 Å². The number of nitrogens with one attached hydrogen (secondary N) is 1. The quantitative estimate of drug-likeness (QED) is 0.493. The fraction of sp³-hybridized carbons (Fsp3) is 0.909. The summed E-state index contributed by atoms with van der Waals surface area (Å²) >= 11 is 5.57. The van der Waals surface area contributed by atoms with E-state index >= 15 is 0 Å². The van der Waals surface area contributed by atoms with Gasteiger partial charge in [-0.2, -0.15) is 0 Å². The number of hydrogen-bond donors (Lipinski definition) is 1. The second-order valence-corrected chi connectivity index (χ2v) is 4.13. The Morgan fingerprint density at radius 2 is 2.07 bits per heavy atom. The Bertz CT molecular complexity index is 150. The molecule has 0 aliphatic rings. The number of rotatable bonds is 8. The number of carbonyl (C=O) groups excluding carboxylic acids is 1. The number of amides is 1. The van der Waals surface area contributed by atoms with E-state index in [1.54, 1.807) is 0 Å². The molecule has 0 saturated carbocycles. The lowest BCUT2D eigenvalue weighted by molar-refractivity contribution is -0.121. The van der Waals surface area contributed by atoms with E-state index in [4.69, 9.17) is 11.6 Å². The van der Waals surface area contributed by atoms with Gasteiger partial charge in [0.15, 0.2) is 0 Å². The van der Waals surface area contributed by atoms with Gasteiger partial charge in [0.25, 0.3) is 0 Å². The zero-order valence-corrected chi connectivity index (χ0v) is 10.1. The number of unbranched alkanes of at least 4 members (excludes halogenated alkanes) is 3. The minimum Gasteiger partial charge on any atom is -0.354 e. The Balaban J connectivity index is 3.35. The number of halogens is 1. The molecule has 0 spiro atoms. The Hall–Kier alpha value is -0.240. The van der Waals surface area contributed by atoms with Crippen molar-refractivity contribution in [2.24, 2.45) is 0 Å². The normalized spacial score (nSPS) is 12.5. The van der Waals surface area contributed by atoms with Crippen LogP contribution in [0.2, 0.25) is 0 Å². The van der Waals surface area contributed by atoms with Crippen LogP contribution < -0.4 is 5.32 Å². The van der Waals surface area contributed by atoms with E-state index in [1.165, 1.54) is 12.8 Å². The molecule has 0 rings (SSSR count). The van der Waals surface area contributed by atoms with Gasteiger partial charge in [-0.3, -0.25) is 4.79 Å². The van der Waals surface area contributed by atoms with Crippen molar-refractivity contribution in [2.75, 3.05) is 5.88 Å². The maximum Gasteiger partial charge on any atom is 0.220 e. The molecule has 0 aromatic rings. The van der Waals surface area contributed by atoms with Crippen LogP contribution in [0.15, 0.2) is 0 Å². The molecule has 1 N–H and O–H groups in total. The lowest BCUT2D eigenvalue weighted by Gasteiger charge is -2.11. The molecule has 84 valence electrons. The zero-order chi connectivity index (χ0) is 10.8. The molecule has 1 amide bonds. The van der Waals surface area contributed by atoms with Crippen LogP contribution in [0, 0.1) is 0 Å². The van der Waals surface area contributed by atoms with Crippen LogP contribution in [0.5, 0.6) is 0 Å². The van der Waals surface area contributed by atoms with E-state index in [2.05, 4.69) is 12.2 Å². The highest BCUT2D eigenvalue weighted by Gasteiger charge is 2.05. The summed E-state index contributed by atoms with van der Waals surface area (Å²) < 4.78 is 0. The van der Waals surface area contributed by atoms with E-state index in [1.807, 2.05) is 6.92 Å². The van der Waals surface area contributed by atoms with Gasteiger partial charge in [0.05, 0.1) is 0 Å². The molecule has 0 heterocycles. The van der Waals surface area contributed by atoms with E-state index in [0.29, 0.717) is 12.3 Å². The van der Waals surface area contributed by atoms with Crippen molar-refractivity contribution in [1.82, 2.24) is 5.32 Å². The van der Waals surface area contributed by atoms with Crippen molar-refractivity contribution in [3.63, 3.8) is 0 Å². The smallest absolute Gasteiger partial charge is 0.220 e. The average Bonchev–Trinajstić information content (AvgIpc) is 2.13. The molecule has 0 aliphatic carbocycles. The van der Waals surface area contributed by atoms with Crippen molar-refractivity contribution >= 4 is 17.5 Å². The third-order valence-electron chi connectivity index (χ3n) is 2.21. The van der Waals surface area contributed by atoms with E-state index in [9.17, 15) is 4.79 Å². The highest BCUT2D eigenvalue weighted by atomic mass is 35.5. The van der Waals surface area contributed by atoms with Gasteiger partial charge in [-0.15, -0.1) is 11.6 Å². The first-order valence-corrected chi connectivity index (χ1v) is 6.09. The van der Waals surface area contributed by atoms with Crippen LogP contribution in [-0.2, 0) is 4.79 Å². The topological polar surface area (TPSA) is 29.1 Å². The van der Waals surface area contributed by atoms with Gasteiger partial charge in [-0.05, 0) is 19.8 Å². The van der Waals surface area contributed by atoms with E-state index in [0.717, 1.165) is 19.3 Å². The third-order valence-corrected chi connectivity index (χ3v) is 2.43. The van der Waals surface area contributed by atoms with Gasteiger partial charge < -0.3 is 5.32 Å². The van der Waals surface area contributed by atoms with Gasteiger partial charge in [0.1, 0.15) is 0 Å². The predicted molar refractivity (Wildman–Crippen MR) is 61.7 cm³/mol.